The smallest absolute Gasteiger partial charge is 0.435 e. The highest BCUT2D eigenvalue weighted by molar-refractivity contribution is 7.90. The average molecular weight is 592 g/mol. The van der Waals surface area contributed by atoms with Crippen LogP contribution in [0.4, 0.5) is 13.2 Å². The number of aromatic nitrogens is 2. The monoisotopic (exact) mass is 591 g/mol. The van der Waals surface area contributed by atoms with Gasteiger partial charge in [0.2, 0.25) is 0 Å². The minimum atomic E-state index is -4.68. The van der Waals surface area contributed by atoms with E-state index >= 15 is 0 Å². The molecule has 1 aliphatic heterocycles. The molecule has 1 amide bonds. The van der Waals surface area contributed by atoms with Gasteiger partial charge in [0.15, 0.2) is 22.1 Å². The van der Waals surface area contributed by atoms with Crippen molar-refractivity contribution in [3.63, 3.8) is 0 Å². The summed E-state index contributed by atoms with van der Waals surface area (Å²) in [6.45, 7) is 1.64. The van der Waals surface area contributed by atoms with Crippen LogP contribution in [0.15, 0.2) is 71.6 Å². The number of thiophene rings is 1. The van der Waals surface area contributed by atoms with E-state index in [1.165, 1.54) is 34.2 Å². The molecular formula is C27H24F3N3O5S2. The van der Waals surface area contributed by atoms with E-state index in [-0.39, 0.29) is 23.1 Å². The fraction of sp³-hybridized carbons (Fsp3) is 0.259. The minimum Gasteiger partial charge on any atom is -0.484 e. The normalized spacial score (nSPS) is 14.3. The van der Waals surface area contributed by atoms with Gasteiger partial charge in [0, 0.05) is 30.3 Å². The Labute approximate surface area is 232 Å². The van der Waals surface area contributed by atoms with Crippen molar-refractivity contribution in [3.8, 4) is 32.4 Å². The van der Waals surface area contributed by atoms with Crippen molar-refractivity contribution >= 4 is 27.1 Å². The molecule has 0 N–H and O–H groups in total. The van der Waals surface area contributed by atoms with Gasteiger partial charge in [-0.3, -0.25) is 4.79 Å². The van der Waals surface area contributed by atoms with Crippen LogP contribution in [0, 0.1) is 0 Å². The number of carbonyl (C=O) groups excluding carboxylic acids is 1. The first-order chi connectivity index (χ1) is 19.0. The minimum absolute atomic E-state index is 0.147. The van der Waals surface area contributed by atoms with E-state index in [1.807, 2.05) is 0 Å². The number of hydrogen-bond acceptors (Lipinski definition) is 7. The van der Waals surface area contributed by atoms with Crippen LogP contribution in [-0.4, -0.2) is 68.2 Å². The number of morpholine rings is 1. The SMILES string of the molecule is CS(=O)(=O)c1cccc(-c2ccc(-c3cc(C(F)(F)F)nn3-c3cccc(OCC(=O)N4CCOCC4)c3)s2)c1. The highest BCUT2D eigenvalue weighted by Gasteiger charge is 2.35. The predicted molar refractivity (Wildman–Crippen MR) is 143 cm³/mol. The number of sulfone groups is 1. The zero-order valence-corrected chi connectivity index (χ0v) is 22.9. The molecule has 1 aliphatic rings. The predicted octanol–water partition coefficient (Wildman–Crippen LogP) is 4.93. The Morgan fingerprint density at radius 3 is 2.48 bits per heavy atom. The number of alkyl halides is 3. The molecule has 4 aromatic rings. The number of benzene rings is 2. The van der Waals surface area contributed by atoms with Crippen molar-refractivity contribution in [2.75, 3.05) is 39.2 Å². The lowest BCUT2D eigenvalue weighted by Crippen LogP contribution is -2.42. The van der Waals surface area contributed by atoms with Crippen molar-refractivity contribution in [1.82, 2.24) is 14.7 Å². The van der Waals surface area contributed by atoms with Crippen molar-refractivity contribution < 1.29 is 35.9 Å². The van der Waals surface area contributed by atoms with Gasteiger partial charge in [0.1, 0.15) is 5.75 Å². The van der Waals surface area contributed by atoms with Gasteiger partial charge in [-0.15, -0.1) is 11.3 Å². The molecule has 2 aromatic carbocycles. The van der Waals surface area contributed by atoms with E-state index in [1.54, 1.807) is 47.4 Å². The highest BCUT2D eigenvalue weighted by atomic mass is 32.2. The number of halogens is 3. The number of ether oxygens (including phenoxy) is 2. The maximum Gasteiger partial charge on any atom is 0.435 e. The Balaban J connectivity index is 1.45. The first kappa shape index (κ1) is 27.9. The molecule has 3 heterocycles. The Kier molecular flexibility index (Phi) is 7.71. The van der Waals surface area contributed by atoms with Crippen LogP contribution >= 0.6 is 11.3 Å². The average Bonchev–Trinajstić information content (AvgIpc) is 3.60. The van der Waals surface area contributed by atoms with Crippen molar-refractivity contribution in [1.29, 1.82) is 0 Å². The van der Waals surface area contributed by atoms with Gasteiger partial charge < -0.3 is 14.4 Å². The number of rotatable bonds is 7. The van der Waals surface area contributed by atoms with Gasteiger partial charge >= 0.3 is 6.18 Å². The van der Waals surface area contributed by atoms with E-state index in [9.17, 15) is 26.4 Å². The van der Waals surface area contributed by atoms with Crippen LogP contribution in [0.1, 0.15) is 5.69 Å². The molecule has 2 aromatic heterocycles. The molecule has 0 saturated carbocycles. The van der Waals surface area contributed by atoms with Gasteiger partial charge in [-0.2, -0.15) is 18.3 Å². The number of hydrogen-bond donors (Lipinski definition) is 0. The molecule has 0 radical (unpaired) electrons. The molecule has 8 nitrogen and oxygen atoms in total. The zero-order chi connectivity index (χ0) is 28.5. The Morgan fingerprint density at radius 1 is 1.02 bits per heavy atom. The second kappa shape index (κ2) is 11.1. The Bertz CT molecular complexity index is 1640. The highest BCUT2D eigenvalue weighted by Crippen LogP contribution is 2.39. The topological polar surface area (TPSA) is 90.7 Å². The summed E-state index contributed by atoms with van der Waals surface area (Å²) in [4.78, 5) is 15.4. The molecule has 1 fully saturated rings. The quantitative estimate of drug-likeness (QED) is 0.303. The van der Waals surface area contributed by atoms with Crippen molar-refractivity contribution in [2.45, 2.75) is 11.1 Å². The molecule has 0 unspecified atom stereocenters. The van der Waals surface area contributed by atoms with Gasteiger partial charge in [-0.1, -0.05) is 18.2 Å². The van der Waals surface area contributed by atoms with E-state index in [0.29, 0.717) is 53.1 Å². The molecular weight excluding hydrogens is 567 g/mol. The zero-order valence-electron chi connectivity index (χ0n) is 21.2. The molecule has 210 valence electrons. The summed E-state index contributed by atoms with van der Waals surface area (Å²) >= 11 is 1.21. The summed E-state index contributed by atoms with van der Waals surface area (Å²) in [7, 11) is -3.43. The summed E-state index contributed by atoms with van der Waals surface area (Å²) in [5, 5.41) is 3.84. The van der Waals surface area contributed by atoms with Crippen LogP contribution < -0.4 is 4.74 Å². The summed E-state index contributed by atoms with van der Waals surface area (Å²) in [6.07, 6.45) is -3.57. The Morgan fingerprint density at radius 2 is 1.75 bits per heavy atom. The lowest BCUT2D eigenvalue weighted by Gasteiger charge is -2.26. The van der Waals surface area contributed by atoms with E-state index in [4.69, 9.17) is 9.47 Å². The molecule has 0 aliphatic carbocycles. The van der Waals surface area contributed by atoms with Crippen LogP contribution in [0.25, 0.3) is 26.7 Å². The maximum absolute atomic E-state index is 13.7. The first-order valence-electron chi connectivity index (χ1n) is 12.2. The summed E-state index contributed by atoms with van der Waals surface area (Å²) in [5.41, 5.74) is 0.0761. The van der Waals surface area contributed by atoms with Gasteiger partial charge in [0.05, 0.1) is 34.4 Å². The lowest BCUT2D eigenvalue weighted by molar-refractivity contribution is -0.141. The molecule has 40 heavy (non-hydrogen) atoms. The molecule has 5 rings (SSSR count). The Hall–Kier alpha value is -3.68. The molecule has 0 spiro atoms. The van der Waals surface area contributed by atoms with Crippen molar-refractivity contribution in [3.05, 3.63) is 72.4 Å². The van der Waals surface area contributed by atoms with Gasteiger partial charge in [-0.25, -0.2) is 13.1 Å². The van der Waals surface area contributed by atoms with E-state index < -0.39 is 21.7 Å². The third-order valence-corrected chi connectivity index (χ3v) is 8.46. The second-order valence-electron chi connectivity index (χ2n) is 9.07. The standard InChI is InChI=1S/C27H24F3N3O5S2/c1-40(35,36)21-7-2-4-18(14-21)23-8-9-24(39-23)22-16-25(27(28,29)30)31-33(22)19-5-3-6-20(15-19)38-17-26(34)32-10-12-37-13-11-32/h2-9,14-16H,10-13,17H2,1H3. The van der Waals surface area contributed by atoms with Gasteiger partial charge in [-0.05, 0) is 48.0 Å². The second-order valence-corrected chi connectivity index (χ2v) is 12.2. The van der Waals surface area contributed by atoms with E-state index in [2.05, 4.69) is 5.10 Å². The number of amides is 1. The van der Waals surface area contributed by atoms with Crippen LogP contribution in [-0.2, 0) is 25.5 Å². The summed E-state index contributed by atoms with van der Waals surface area (Å²) in [5.74, 6) is 0.0949. The first-order valence-corrected chi connectivity index (χ1v) is 14.9. The van der Waals surface area contributed by atoms with Gasteiger partial charge in [0.25, 0.3) is 5.91 Å². The van der Waals surface area contributed by atoms with E-state index in [0.717, 1.165) is 12.3 Å². The molecule has 0 atom stereocenters. The van der Waals surface area contributed by atoms with Crippen LogP contribution in [0.3, 0.4) is 0 Å². The fourth-order valence-corrected chi connectivity index (χ4v) is 5.83. The largest absolute Gasteiger partial charge is 0.484 e. The van der Waals surface area contributed by atoms with Crippen LogP contribution in [0.2, 0.25) is 0 Å². The number of nitrogens with zero attached hydrogens (tertiary/aromatic N) is 3. The molecule has 1 saturated heterocycles. The molecule has 0 bridgehead atoms. The number of carbonyl (C=O) groups is 1. The fourth-order valence-electron chi connectivity index (χ4n) is 4.16. The lowest BCUT2D eigenvalue weighted by atomic mass is 10.2. The third-order valence-electron chi connectivity index (χ3n) is 6.19. The third kappa shape index (κ3) is 6.21. The maximum atomic E-state index is 13.7. The molecule has 13 heteroatoms. The summed E-state index contributed by atoms with van der Waals surface area (Å²) in [6, 6.07) is 17.1. The van der Waals surface area contributed by atoms with Crippen LogP contribution in [0.5, 0.6) is 5.75 Å². The summed E-state index contributed by atoms with van der Waals surface area (Å²) < 4.78 is 77.2. The van der Waals surface area contributed by atoms with Crippen molar-refractivity contribution in [2.24, 2.45) is 0 Å².